The summed E-state index contributed by atoms with van der Waals surface area (Å²) in [6.45, 7) is 7.00. The fraction of sp³-hybridized carbons (Fsp3) is 0.484. The summed E-state index contributed by atoms with van der Waals surface area (Å²) in [6, 6.07) is 9.62. The monoisotopic (exact) mass is 512 g/mol. The maximum absolute atomic E-state index is 13.4. The Bertz CT molecular complexity index is 1420. The minimum Gasteiger partial charge on any atom is -0.295 e. The van der Waals surface area contributed by atoms with E-state index in [-0.39, 0.29) is 18.2 Å². The number of nitrogens with zero attached hydrogens (tertiary/aromatic N) is 3. The number of anilines is 1. The summed E-state index contributed by atoms with van der Waals surface area (Å²) in [4.78, 5) is 39.2. The van der Waals surface area contributed by atoms with Gasteiger partial charge in [0.2, 0.25) is 11.8 Å². The Morgan fingerprint density at radius 2 is 1.79 bits per heavy atom. The van der Waals surface area contributed by atoms with Crippen molar-refractivity contribution in [2.24, 2.45) is 11.3 Å². The van der Waals surface area contributed by atoms with Gasteiger partial charge in [-0.1, -0.05) is 39.0 Å². The number of rotatable bonds is 5. The van der Waals surface area contributed by atoms with Gasteiger partial charge >= 0.3 is 0 Å². The van der Waals surface area contributed by atoms with Crippen molar-refractivity contribution in [2.75, 3.05) is 4.90 Å². The second-order valence-electron chi connectivity index (χ2n) is 12.6. The maximum Gasteiger partial charge on any atom is 0.259 e. The van der Waals surface area contributed by atoms with Crippen LogP contribution in [-0.4, -0.2) is 33.5 Å². The summed E-state index contributed by atoms with van der Waals surface area (Å²) < 4.78 is 2.16. The van der Waals surface area contributed by atoms with Crippen LogP contribution < -0.4 is 10.2 Å². The van der Waals surface area contributed by atoms with E-state index in [1.807, 2.05) is 24.4 Å². The van der Waals surface area contributed by atoms with Gasteiger partial charge in [0.25, 0.3) is 5.91 Å². The lowest BCUT2D eigenvalue weighted by atomic mass is 9.76. The van der Waals surface area contributed by atoms with Gasteiger partial charge in [-0.2, -0.15) is 5.10 Å². The predicted molar refractivity (Wildman–Crippen MR) is 147 cm³/mol. The van der Waals surface area contributed by atoms with Crippen molar-refractivity contribution in [3.63, 3.8) is 0 Å². The van der Waals surface area contributed by atoms with Gasteiger partial charge in [-0.25, -0.2) is 0 Å². The Kier molecular flexibility index (Phi) is 6.12. The predicted octanol–water partition coefficient (Wildman–Crippen LogP) is 5.56. The molecule has 38 heavy (non-hydrogen) atoms. The van der Waals surface area contributed by atoms with Crippen molar-refractivity contribution >= 4 is 34.2 Å². The van der Waals surface area contributed by atoms with E-state index in [9.17, 15) is 14.4 Å². The number of nitrogens with one attached hydrogen (secondary N) is 1. The summed E-state index contributed by atoms with van der Waals surface area (Å²) in [5, 5.41) is 9.05. The summed E-state index contributed by atoms with van der Waals surface area (Å²) in [7, 11) is 0. The SMILES string of the molecule is CC(C)(C)C[C@H]1CC[C@H](n2cc(Cc3ccc4c5c(cccc35)C(=O)N4C3CCC(=O)NC3=O)cn2)CC1. The molecule has 3 amide bonds. The molecule has 3 aliphatic rings. The van der Waals surface area contributed by atoms with E-state index < -0.39 is 11.9 Å². The number of aromatic nitrogens is 2. The maximum atomic E-state index is 13.4. The molecule has 1 atom stereocenters. The molecule has 1 aliphatic carbocycles. The fourth-order valence-electron chi connectivity index (χ4n) is 6.83. The van der Waals surface area contributed by atoms with Crippen LogP contribution in [0.15, 0.2) is 42.7 Å². The third-order valence-corrected chi connectivity index (χ3v) is 8.48. The van der Waals surface area contributed by atoms with Crippen molar-refractivity contribution in [1.29, 1.82) is 0 Å². The van der Waals surface area contributed by atoms with Crippen molar-refractivity contribution in [3.8, 4) is 0 Å². The average Bonchev–Trinajstić information content (AvgIpc) is 3.44. The normalized spacial score (nSPS) is 23.8. The number of carbonyl (C=O) groups is 3. The Morgan fingerprint density at radius 3 is 2.53 bits per heavy atom. The van der Waals surface area contributed by atoms with Crippen molar-refractivity contribution in [1.82, 2.24) is 15.1 Å². The van der Waals surface area contributed by atoms with Crippen LogP contribution in [0, 0.1) is 11.3 Å². The van der Waals surface area contributed by atoms with E-state index in [0.29, 0.717) is 23.4 Å². The van der Waals surface area contributed by atoms with Gasteiger partial charge in [0.1, 0.15) is 6.04 Å². The highest BCUT2D eigenvalue weighted by Crippen LogP contribution is 2.42. The molecule has 3 aromatic rings. The van der Waals surface area contributed by atoms with Crippen LogP contribution in [0.5, 0.6) is 0 Å². The number of imide groups is 1. The Morgan fingerprint density at radius 1 is 1.00 bits per heavy atom. The molecule has 1 N–H and O–H groups in total. The van der Waals surface area contributed by atoms with Crippen molar-refractivity contribution < 1.29 is 14.4 Å². The molecule has 6 rings (SSSR count). The first-order valence-corrected chi connectivity index (χ1v) is 13.9. The number of hydrogen-bond acceptors (Lipinski definition) is 4. The zero-order valence-electron chi connectivity index (χ0n) is 22.5. The largest absolute Gasteiger partial charge is 0.295 e. The van der Waals surface area contributed by atoms with Crippen LogP contribution in [-0.2, 0) is 16.0 Å². The third kappa shape index (κ3) is 4.52. The van der Waals surface area contributed by atoms with Crippen LogP contribution in [0.4, 0.5) is 5.69 Å². The van der Waals surface area contributed by atoms with E-state index >= 15 is 0 Å². The second kappa shape index (κ2) is 9.37. The zero-order valence-corrected chi connectivity index (χ0v) is 22.5. The molecule has 2 aliphatic heterocycles. The molecule has 2 fully saturated rings. The standard InChI is InChI=1S/C31H36N4O3/c1-31(2,3)16-19-7-10-22(11-8-19)34-18-20(17-32-34)15-21-9-12-25-28-23(21)5-4-6-24(28)30(38)35(25)26-13-14-27(36)33-29(26)37/h4-6,9,12,17-19,22,26H,7-8,10-11,13-16H2,1-3H3,(H,33,36,37)/t19-,22-,26?. The molecule has 2 aromatic carbocycles. The van der Waals surface area contributed by atoms with Gasteiger partial charge in [-0.05, 0) is 78.5 Å². The van der Waals surface area contributed by atoms with Crippen LogP contribution in [0.25, 0.3) is 10.8 Å². The second-order valence-corrected chi connectivity index (χ2v) is 12.6. The van der Waals surface area contributed by atoms with Crippen LogP contribution in [0.3, 0.4) is 0 Å². The van der Waals surface area contributed by atoms with Gasteiger partial charge in [-0.15, -0.1) is 0 Å². The highest BCUT2D eigenvalue weighted by Gasteiger charge is 2.40. The highest BCUT2D eigenvalue weighted by molar-refractivity contribution is 6.27. The summed E-state index contributed by atoms with van der Waals surface area (Å²) in [5.74, 6) is -0.0432. The third-order valence-electron chi connectivity index (χ3n) is 8.48. The highest BCUT2D eigenvalue weighted by atomic mass is 16.2. The summed E-state index contributed by atoms with van der Waals surface area (Å²) >= 11 is 0. The molecular weight excluding hydrogens is 476 g/mol. The lowest BCUT2D eigenvalue weighted by molar-refractivity contribution is -0.134. The number of hydrogen-bond donors (Lipinski definition) is 1. The van der Waals surface area contributed by atoms with Crippen LogP contribution in [0.2, 0.25) is 0 Å². The molecule has 1 unspecified atom stereocenters. The molecule has 0 radical (unpaired) electrons. The first kappa shape index (κ1) is 24.8. The molecular formula is C31H36N4O3. The van der Waals surface area contributed by atoms with Gasteiger partial charge in [-0.3, -0.25) is 29.3 Å². The molecule has 7 nitrogen and oxygen atoms in total. The topological polar surface area (TPSA) is 84.3 Å². The Balaban J connectivity index is 1.22. The smallest absolute Gasteiger partial charge is 0.259 e. The van der Waals surface area contributed by atoms with Crippen molar-refractivity contribution in [3.05, 3.63) is 59.4 Å². The van der Waals surface area contributed by atoms with E-state index in [1.54, 1.807) is 4.90 Å². The average molecular weight is 513 g/mol. The molecule has 3 heterocycles. The number of piperidine rings is 1. The Labute approximate surface area is 223 Å². The Hall–Kier alpha value is -3.48. The van der Waals surface area contributed by atoms with Crippen LogP contribution in [0.1, 0.15) is 93.2 Å². The van der Waals surface area contributed by atoms with Gasteiger partial charge in [0, 0.05) is 30.0 Å². The van der Waals surface area contributed by atoms with Gasteiger partial charge in [0.15, 0.2) is 0 Å². The number of benzene rings is 2. The van der Waals surface area contributed by atoms with E-state index in [1.165, 1.54) is 32.1 Å². The number of amides is 3. The molecule has 1 aromatic heterocycles. The lowest BCUT2D eigenvalue weighted by Gasteiger charge is -2.32. The molecule has 0 spiro atoms. The molecule has 1 saturated heterocycles. The van der Waals surface area contributed by atoms with Crippen molar-refractivity contribution in [2.45, 2.75) is 84.2 Å². The lowest BCUT2D eigenvalue weighted by Crippen LogP contribution is -2.53. The quantitative estimate of drug-likeness (QED) is 0.454. The number of carbonyl (C=O) groups excluding carboxylic acids is 3. The minimum atomic E-state index is -0.668. The summed E-state index contributed by atoms with van der Waals surface area (Å²) in [6.07, 6.45) is 11.7. The fourth-order valence-corrected chi connectivity index (χ4v) is 6.83. The van der Waals surface area contributed by atoms with Crippen LogP contribution >= 0.6 is 0 Å². The first-order chi connectivity index (χ1) is 18.2. The van der Waals surface area contributed by atoms with Gasteiger partial charge in [0.05, 0.1) is 17.9 Å². The van der Waals surface area contributed by atoms with E-state index in [2.05, 4.69) is 49.1 Å². The van der Waals surface area contributed by atoms with E-state index in [0.717, 1.165) is 39.9 Å². The van der Waals surface area contributed by atoms with E-state index in [4.69, 9.17) is 5.10 Å². The minimum absolute atomic E-state index is 0.174. The van der Waals surface area contributed by atoms with Gasteiger partial charge < -0.3 is 0 Å². The molecule has 7 heteroatoms. The molecule has 1 saturated carbocycles. The molecule has 0 bridgehead atoms. The first-order valence-electron chi connectivity index (χ1n) is 13.9. The summed E-state index contributed by atoms with van der Waals surface area (Å²) in [5.41, 5.74) is 4.05. The zero-order chi connectivity index (χ0) is 26.6. The molecule has 198 valence electrons.